The third kappa shape index (κ3) is 4.02. The maximum absolute atomic E-state index is 14.3. The molecule has 9 atom stereocenters. The van der Waals surface area contributed by atoms with Crippen LogP contribution in [0.2, 0.25) is 0 Å². The summed E-state index contributed by atoms with van der Waals surface area (Å²) in [5.41, 5.74) is -0.0476. The Hall–Kier alpha value is -2.28. The van der Waals surface area contributed by atoms with Crippen LogP contribution >= 0.6 is 0 Å². The molecule has 7 heteroatoms. The van der Waals surface area contributed by atoms with Crippen molar-refractivity contribution in [1.82, 2.24) is 0 Å². The average molecular weight is 529 g/mol. The zero-order valence-electron chi connectivity index (χ0n) is 23.9. The van der Waals surface area contributed by atoms with Crippen molar-refractivity contribution in [3.63, 3.8) is 0 Å². The smallest absolute Gasteiger partial charge is 0.331 e. The van der Waals surface area contributed by atoms with Gasteiger partial charge in [0.1, 0.15) is 18.0 Å². The van der Waals surface area contributed by atoms with Gasteiger partial charge in [-0.05, 0) is 80.6 Å². The Morgan fingerprint density at radius 1 is 1.11 bits per heavy atom. The second-order valence-electron chi connectivity index (χ2n) is 13.3. The molecule has 0 radical (unpaired) electrons. The van der Waals surface area contributed by atoms with Crippen molar-refractivity contribution >= 4 is 23.5 Å². The molecule has 0 bridgehead atoms. The first-order valence-corrected chi connectivity index (χ1v) is 14.1. The molecule has 4 fully saturated rings. The highest BCUT2D eigenvalue weighted by Crippen LogP contribution is 2.73. The number of ether oxygens (including phenoxy) is 1. The Kier molecular flexibility index (Phi) is 7.35. The minimum atomic E-state index is -1.26. The third-order valence-corrected chi connectivity index (χ3v) is 11.2. The molecule has 0 aromatic heterocycles. The fraction of sp³-hybridized carbons (Fsp3) is 0.742. The summed E-state index contributed by atoms with van der Waals surface area (Å²) in [5.74, 6) is -2.77. The van der Waals surface area contributed by atoms with Crippen LogP contribution in [0.1, 0.15) is 93.4 Å². The number of carbonyl (C=O) groups is 4. The Bertz CT molecular complexity index is 1110. The van der Waals surface area contributed by atoms with Crippen LogP contribution in [0, 0.1) is 39.9 Å². The first-order chi connectivity index (χ1) is 17.6. The Labute approximate surface area is 226 Å². The number of aliphatic hydroxyl groups excluding tert-OH is 1. The van der Waals surface area contributed by atoms with E-state index in [1.165, 1.54) is 6.92 Å². The monoisotopic (exact) mass is 528 g/mol. The van der Waals surface area contributed by atoms with Gasteiger partial charge in [-0.1, -0.05) is 39.3 Å². The van der Waals surface area contributed by atoms with E-state index in [0.717, 1.165) is 5.57 Å². The van der Waals surface area contributed by atoms with Crippen molar-refractivity contribution in [1.29, 1.82) is 0 Å². The van der Waals surface area contributed by atoms with Gasteiger partial charge in [0, 0.05) is 36.2 Å². The number of esters is 1. The van der Waals surface area contributed by atoms with Crippen LogP contribution < -0.4 is 0 Å². The molecule has 0 spiro atoms. The second-order valence-corrected chi connectivity index (χ2v) is 13.3. The van der Waals surface area contributed by atoms with Crippen molar-refractivity contribution in [2.24, 2.45) is 39.9 Å². The summed E-state index contributed by atoms with van der Waals surface area (Å²) in [6.45, 7) is 13.2. The van der Waals surface area contributed by atoms with E-state index >= 15 is 0 Å². The summed E-state index contributed by atoms with van der Waals surface area (Å²) in [4.78, 5) is 51.7. The summed E-state index contributed by atoms with van der Waals surface area (Å²) in [6.07, 6.45) is 3.69. The topological polar surface area (TPSA) is 118 Å². The first kappa shape index (κ1) is 28.7. The zero-order valence-corrected chi connectivity index (χ0v) is 23.9. The molecule has 0 aromatic rings. The first-order valence-electron chi connectivity index (χ1n) is 14.1. The van der Waals surface area contributed by atoms with Gasteiger partial charge in [0.05, 0.1) is 0 Å². The summed E-state index contributed by atoms with van der Waals surface area (Å²) >= 11 is 0. The van der Waals surface area contributed by atoms with Gasteiger partial charge in [0.15, 0.2) is 5.78 Å². The van der Waals surface area contributed by atoms with E-state index in [2.05, 4.69) is 6.92 Å². The number of allylic oxidation sites excluding steroid dienone is 2. The molecule has 0 unspecified atom stereocenters. The summed E-state index contributed by atoms with van der Waals surface area (Å²) < 4.78 is 5.80. The minimum absolute atomic E-state index is 0.0658. The highest BCUT2D eigenvalue weighted by Gasteiger charge is 2.73. The number of hydrogen-bond donors (Lipinski definition) is 2. The van der Waals surface area contributed by atoms with E-state index in [1.807, 2.05) is 40.7 Å². The van der Waals surface area contributed by atoms with Crippen LogP contribution in [0.15, 0.2) is 22.8 Å². The van der Waals surface area contributed by atoms with Crippen molar-refractivity contribution in [3.8, 4) is 0 Å². The van der Waals surface area contributed by atoms with Crippen molar-refractivity contribution in [2.75, 3.05) is 0 Å². The highest BCUT2D eigenvalue weighted by molar-refractivity contribution is 5.94. The molecule has 0 aromatic carbocycles. The molecular formula is C31H44O7. The predicted molar refractivity (Wildman–Crippen MR) is 142 cm³/mol. The molecular weight excluding hydrogens is 484 g/mol. The molecule has 0 aliphatic heterocycles. The Morgan fingerprint density at radius 2 is 1.76 bits per heavy atom. The number of fused-ring (bicyclic) bond motifs is 5. The van der Waals surface area contributed by atoms with Crippen LogP contribution in [0.3, 0.4) is 0 Å². The molecule has 4 aliphatic rings. The van der Waals surface area contributed by atoms with E-state index in [9.17, 15) is 29.4 Å². The number of Topliss-reactive ketones (excluding diaryl/α,β-unsaturated/α-hetero) is 2. The van der Waals surface area contributed by atoms with Crippen LogP contribution in [0.4, 0.5) is 0 Å². The van der Waals surface area contributed by atoms with Gasteiger partial charge in [-0.25, -0.2) is 4.79 Å². The van der Waals surface area contributed by atoms with E-state index in [0.29, 0.717) is 50.5 Å². The molecule has 38 heavy (non-hydrogen) atoms. The largest absolute Gasteiger partial charge is 0.478 e. The van der Waals surface area contributed by atoms with Gasteiger partial charge in [-0.15, -0.1) is 0 Å². The molecule has 7 nitrogen and oxygen atoms in total. The maximum Gasteiger partial charge on any atom is 0.331 e. The van der Waals surface area contributed by atoms with Crippen molar-refractivity contribution in [3.05, 3.63) is 22.8 Å². The highest BCUT2D eigenvalue weighted by atomic mass is 16.5. The molecule has 0 heterocycles. The number of carboxylic acid groups (broad SMARTS) is 1. The van der Waals surface area contributed by atoms with Gasteiger partial charge < -0.3 is 14.9 Å². The van der Waals surface area contributed by atoms with E-state index in [-0.39, 0.29) is 34.9 Å². The average Bonchev–Trinajstić information content (AvgIpc) is 3.09. The predicted octanol–water partition coefficient (Wildman–Crippen LogP) is 5.05. The number of aliphatic hydroxyl groups is 1. The van der Waals surface area contributed by atoms with Crippen LogP contribution in [0.25, 0.3) is 0 Å². The lowest BCUT2D eigenvalue weighted by atomic mass is 9.36. The number of aliphatic carboxylic acids is 1. The van der Waals surface area contributed by atoms with Gasteiger partial charge >= 0.3 is 11.9 Å². The molecule has 4 rings (SSSR count). The van der Waals surface area contributed by atoms with Crippen molar-refractivity contribution in [2.45, 2.75) is 106 Å². The fourth-order valence-electron chi connectivity index (χ4n) is 9.37. The lowest BCUT2D eigenvalue weighted by Gasteiger charge is -2.67. The Morgan fingerprint density at radius 3 is 2.34 bits per heavy atom. The summed E-state index contributed by atoms with van der Waals surface area (Å²) in [6, 6.07) is 0. The van der Waals surface area contributed by atoms with E-state index < -0.39 is 46.3 Å². The van der Waals surface area contributed by atoms with E-state index in [4.69, 9.17) is 4.74 Å². The maximum atomic E-state index is 14.3. The lowest BCUT2D eigenvalue weighted by Crippen LogP contribution is -2.69. The fourth-order valence-corrected chi connectivity index (χ4v) is 9.37. The number of ketones is 2. The molecule has 210 valence electrons. The molecule has 0 saturated heterocycles. The molecule has 2 N–H and O–H groups in total. The SMILES string of the molecule is CC(=O)O[C@@H]1C[C@]2(C)[C@H](CC[C@@H]3[C@]4(C)CCC(=O)[C@H](C)[C@@H]4[C@@H](O)C(=O)[C@@]32C)/C1=C(\CCC=C(C)C)C(=O)O. The Balaban J connectivity index is 1.86. The van der Waals surface area contributed by atoms with Crippen LogP contribution in [-0.2, 0) is 23.9 Å². The van der Waals surface area contributed by atoms with Gasteiger partial charge in [-0.2, -0.15) is 0 Å². The summed E-state index contributed by atoms with van der Waals surface area (Å²) in [7, 11) is 0. The molecule has 4 aliphatic carbocycles. The molecule has 0 amide bonds. The number of carbonyl (C=O) groups excluding carboxylic acids is 3. The minimum Gasteiger partial charge on any atom is -0.478 e. The number of rotatable bonds is 5. The van der Waals surface area contributed by atoms with Gasteiger partial charge in [0.2, 0.25) is 0 Å². The quantitative estimate of drug-likeness (QED) is 0.291. The normalized spacial score (nSPS) is 43.5. The van der Waals surface area contributed by atoms with Gasteiger partial charge in [-0.3, -0.25) is 14.4 Å². The summed E-state index contributed by atoms with van der Waals surface area (Å²) in [5, 5.41) is 21.8. The third-order valence-electron chi connectivity index (χ3n) is 11.2. The molecule has 4 saturated carbocycles. The number of hydrogen-bond acceptors (Lipinski definition) is 6. The van der Waals surface area contributed by atoms with Crippen LogP contribution in [-0.4, -0.2) is 45.9 Å². The van der Waals surface area contributed by atoms with Gasteiger partial charge in [0.25, 0.3) is 0 Å². The lowest BCUT2D eigenvalue weighted by molar-refractivity contribution is -0.213. The van der Waals surface area contributed by atoms with E-state index in [1.54, 1.807) is 0 Å². The van der Waals surface area contributed by atoms with Crippen molar-refractivity contribution < 1.29 is 34.1 Å². The zero-order chi connectivity index (χ0) is 28.4. The van der Waals surface area contributed by atoms with Crippen LogP contribution in [0.5, 0.6) is 0 Å². The second kappa shape index (κ2) is 9.72. The standard InChI is InChI=1S/C31H44O7/c1-16(2)9-8-10-19(28(36)37)24-20-11-12-23-29(5)14-13-21(33)17(3)25(29)26(34)27(35)31(23,7)30(20,6)15-22(24)38-18(4)32/h9,17,20,22-23,25-26,34H,8,10-15H2,1-7H3,(H,36,37)/b24-19-/t17-,20+,22+,23+,25+,26+,29-,30+,31+/m0/s1. The number of carboxylic acids is 1.